The lowest BCUT2D eigenvalue weighted by Gasteiger charge is -2.26. The predicted molar refractivity (Wildman–Crippen MR) is 84.4 cm³/mol. The van der Waals surface area contributed by atoms with Gasteiger partial charge in [-0.25, -0.2) is 14.4 Å². The molecule has 0 fully saturated rings. The van der Waals surface area contributed by atoms with Crippen LogP contribution in [0.15, 0.2) is 23.4 Å². The number of carbonyl (C=O) groups excluding carboxylic acids is 3. The maximum atomic E-state index is 12.0. The highest BCUT2D eigenvalue weighted by Gasteiger charge is 2.30. The Labute approximate surface area is 141 Å². The Hall–Kier alpha value is -2.06. The number of hydrogen-bond donors (Lipinski definition) is 2. The molecule has 2 heterocycles. The van der Waals surface area contributed by atoms with Gasteiger partial charge in [-0.05, 0) is 26.0 Å². The van der Waals surface area contributed by atoms with Crippen LogP contribution >= 0.6 is 22.9 Å². The van der Waals surface area contributed by atoms with Crippen LogP contribution < -0.4 is 10.6 Å². The van der Waals surface area contributed by atoms with Crippen LogP contribution in [0.25, 0.3) is 0 Å². The Morgan fingerprint density at radius 3 is 2.65 bits per heavy atom. The highest BCUT2D eigenvalue weighted by Crippen LogP contribution is 2.22. The number of ether oxygens (including phenoxy) is 2. The molecule has 1 atom stereocenters. The zero-order chi connectivity index (χ0) is 17.0. The lowest BCUT2D eigenvalue weighted by atomic mass is 10.0. The Bertz CT molecular complexity index is 670. The summed E-state index contributed by atoms with van der Waals surface area (Å²) < 4.78 is 10.6. The first-order chi connectivity index (χ1) is 10.9. The fraction of sp³-hybridized carbons (Fsp3) is 0.357. The summed E-state index contributed by atoms with van der Waals surface area (Å²) in [5.74, 6) is -1.16. The smallest absolute Gasteiger partial charge is 0.348 e. The zero-order valence-corrected chi connectivity index (χ0v) is 14.0. The molecule has 9 heteroatoms. The summed E-state index contributed by atoms with van der Waals surface area (Å²) in [4.78, 5) is 35.8. The molecule has 1 aliphatic heterocycles. The molecule has 0 saturated heterocycles. The molecule has 0 aromatic carbocycles. The second kappa shape index (κ2) is 7.47. The largest absolute Gasteiger partial charge is 0.463 e. The minimum atomic E-state index is -0.585. The van der Waals surface area contributed by atoms with E-state index in [4.69, 9.17) is 21.1 Å². The number of amides is 2. The monoisotopic (exact) mass is 358 g/mol. The molecule has 0 aliphatic carbocycles. The molecule has 1 aliphatic rings. The molecule has 0 radical (unpaired) electrons. The van der Waals surface area contributed by atoms with Crippen LogP contribution in [-0.4, -0.2) is 37.2 Å². The number of rotatable bonds is 5. The summed E-state index contributed by atoms with van der Waals surface area (Å²) >= 11 is 6.85. The quantitative estimate of drug-likeness (QED) is 0.786. The highest BCUT2D eigenvalue weighted by atomic mass is 35.5. The minimum absolute atomic E-state index is 0.198. The Kier molecular flexibility index (Phi) is 5.62. The maximum absolute atomic E-state index is 12.0. The molecule has 1 unspecified atom stereocenters. The Morgan fingerprint density at radius 2 is 2.04 bits per heavy atom. The van der Waals surface area contributed by atoms with Crippen LogP contribution in [0.1, 0.15) is 23.5 Å². The second-order valence-electron chi connectivity index (χ2n) is 4.61. The molecule has 23 heavy (non-hydrogen) atoms. The molecule has 2 N–H and O–H groups in total. The molecule has 7 nitrogen and oxygen atoms in total. The van der Waals surface area contributed by atoms with Crippen LogP contribution in [0.4, 0.5) is 4.79 Å². The van der Waals surface area contributed by atoms with Gasteiger partial charge in [0.15, 0.2) is 0 Å². The Balaban J connectivity index is 2.15. The van der Waals surface area contributed by atoms with Gasteiger partial charge in [0.25, 0.3) is 0 Å². The van der Waals surface area contributed by atoms with Gasteiger partial charge in [-0.2, -0.15) is 0 Å². The summed E-state index contributed by atoms with van der Waals surface area (Å²) in [7, 11) is 0. The van der Waals surface area contributed by atoms with E-state index in [0.717, 1.165) is 11.3 Å². The van der Waals surface area contributed by atoms with Gasteiger partial charge in [0.2, 0.25) is 0 Å². The van der Waals surface area contributed by atoms with E-state index in [1.807, 2.05) is 0 Å². The van der Waals surface area contributed by atoms with Crippen molar-refractivity contribution in [1.82, 2.24) is 10.6 Å². The molecular weight excluding hydrogens is 344 g/mol. The van der Waals surface area contributed by atoms with Gasteiger partial charge in [-0.3, -0.25) is 0 Å². The van der Waals surface area contributed by atoms with E-state index in [2.05, 4.69) is 10.6 Å². The number of hydrogen-bond acceptors (Lipinski definition) is 6. The van der Waals surface area contributed by atoms with Crippen LogP contribution in [0.5, 0.6) is 0 Å². The first-order valence-corrected chi connectivity index (χ1v) is 8.02. The number of urea groups is 1. The molecular formula is C14H15ClN2O5S. The van der Waals surface area contributed by atoms with Gasteiger partial charge >= 0.3 is 18.0 Å². The topological polar surface area (TPSA) is 93.7 Å². The highest BCUT2D eigenvalue weighted by molar-refractivity contribution is 7.17. The number of carbonyl (C=O) groups is 3. The summed E-state index contributed by atoms with van der Waals surface area (Å²) in [6.45, 7) is 3.27. The average Bonchev–Trinajstić information content (AvgIpc) is 2.91. The minimum Gasteiger partial charge on any atom is -0.463 e. The summed E-state index contributed by atoms with van der Waals surface area (Å²) in [6, 6.07) is 2.10. The van der Waals surface area contributed by atoms with Crippen molar-refractivity contribution >= 4 is 40.9 Å². The molecule has 1 aromatic rings. The van der Waals surface area contributed by atoms with E-state index >= 15 is 0 Å². The van der Waals surface area contributed by atoms with Crippen LogP contribution in [0.3, 0.4) is 0 Å². The Morgan fingerprint density at radius 1 is 1.30 bits per heavy atom. The molecule has 0 spiro atoms. The second-order valence-corrected chi connectivity index (χ2v) is 6.33. The zero-order valence-electron chi connectivity index (χ0n) is 12.5. The van der Waals surface area contributed by atoms with E-state index in [1.54, 1.807) is 26.0 Å². The molecule has 2 rings (SSSR count). The molecule has 2 amide bonds. The summed E-state index contributed by atoms with van der Waals surface area (Å²) in [5, 5.41) is 5.03. The van der Waals surface area contributed by atoms with Crippen molar-refractivity contribution in [2.75, 3.05) is 13.2 Å². The first-order valence-electron chi connectivity index (χ1n) is 6.82. The van der Waals surface area contributed by atoms with Gasteiger partial charge in [-0.1, -0.05) is 11.6 Å². The van der Waals surface area contributed by atoms with E-state index in [9.17, 15) is 14.4 Å². The lowest BCUT2D eigenvalue weighted by Crippen LogP contribution is -2.50. The van der Waals surface area contributed by atoms with Gasteiger partial charge in [-0.15, -0.1) is 11.3 Å². The van der Waals surface area contributed by atoms with Crippen LogP contribution in [0, 0.1) is 0 Å². The number of nitrogens with one attached hydrogen (secondary N) is 2. The van der Waals surface area contributed by atoms with E-state index in [1.165, 1.54) is 0 Å². The molecule has 0 bridgehead atoms. The first kappa shape index (κ1) is 17.3. The SMILES string of the molecule is CCOC(=O)C1=C(COC(=O)c2ccc(Cl)s2)NC(=O)NC1C. The molecule has 0 saturated carbocycles. The van der Waals surface area contributed by atoms with Crippen LogP contribution in [0.2, 0.25) is 4.34 Å². The van der Waals surface area contributed by atoms with Crippen molar-refractivity contribution in [2.45, 2.75) is 19.9 Å². The third-order valence-corrected chi connectivity index (χ3v) is 4.20. The predicted octanol–water partition coefficient (Wildman–Crippen LogP) is 2.08. The van der Waals surface area contributed by atoms with Crippen molar-refractivity contribution in [3.8, 4) is 0 Å². The fourth-order valence-electron chi connectivity index (χ4n) is 2.03. The number of esters is 2. The van der Waals surface area contributed by atoms with Crippen molar-refractivity contribution in [1.29, 1.82) is 0 Å². The standard InChI is InChI=1S/C14H15ClN2O5S/c1-3-21-13(19)11-7(2)16-14(20)17-8(11)6-22-12(18)9-4-5-10(15)23-9/h4-5,7H,3,6H2,1-2H3,(H2,16,17,20). The van der Waals surface area contributed by atoms with Crippen molar-refractivity contribution in [3.63, 3.8) is 0 Å². The van der Waals surface area contributed by atoms with Gasteiger partial charge in [0.05, 0.1) is 28.3 Å². The van der Waals surface area contributed by atoms with Gasteiger partial charge in [0.1, 0.15) is 11.5 Å². The molecule has 1 aromatic heterocycles. The fourth-order valence-corrected chi connectivity index (χ4v) is 2.96. The van der Waals surface area contributed by atoms with Gasteiger partial charge in [0, 0.05) is 0 Å². The third-order valence-electron chi connectivity index (χ3n) is 2.99. The van der Waals surface area contributed by atoms with E-state index in [-0.39, 0.29) is 24.5 Å². The van der Waals surface area contributed by atoms with Crippen molar-refractivity contribution in [2.24, 2.45) is 0 Å². The van der Waals surface area contributed by atoms with Crippen LogP contribution in [-0.2, 0) is 14.3 Å². The summed E-state index contributed by atoms with van der Waals surface area (Å²) in [5.41, 5.74) is 0.430. The normalized spacial score (nSPS) is 17.3. The van der Waals surface area contributed by atoms with Gasteiger partial charge < -0.3 is 20.1 Å². The number of halogens is 1. The summed E-state index contributed by atoms with van der Waals surface area (Å²) in [6.07, 6.45) is 0. The number of thiophene rings is 1. The van der Waals surface area contributed by atoms with Crippen molar-refractivity contribution in [3.05, 3.63) is 32.6 Å². The van der Waals surface area contributed by atoms with E-state index in [0.29, 0.717) is 9.21 Å². The van der Waals surface area contributed by atoms with Crippen molar-refractivity contribution < 1.29 is 23.9 Å². The maximum Gasteiger partial charge on any atom is 0.348 e. The van der Waals surface area contributed by atoms with E-state index < -0.39 is 24.0 Å². The third kappa shape index (κ3) is 4.23. The average molecular weight is 359 g/mol. The lowest BCUT2D eigenvalue weighted by molar-refractivity contribution is -0.139. The molecule has 124 valence electrons.